The van der Waals surface area contributed by atoms with E-state index in [9.17, 15) is 18.8 Å². The van der Waals surface area contributed by atoms with Gasteiger partial charge < -0.3 is 19.4 Å². The number of nitrogens with zero attached hydrogens (tertiary/aromatic N) is 1. The Bertz CT molecular complexity index is 936. The fraction of sp³-hybridized carbons (Fsp3) is 0.435. The number of aromatic nitrogens is 1. The number of ether oxygens (including phenoxy) is 2. The van der Waals surface area contributed by atoms with E-state index in [4.69, 9.17) is 9.47 Å². The van der Waals surface area contributed by atoms with Gasteiger partial charge in [0.15, 0.2) is 5.78 Å². The van der Waals surface area contributed by atoms with Crippen molar-refractivity contribution in [1.82, 2.24) is 9.88 Å². The highest BCUT2D eigenvalue weighted by Crippen LogP contribution is 2.23. The van der Waals surface area contributed by atoms with Crippen LogP contribution < -0.4 is 0 Å². The van der Waals surface area contributed by atoms with Gasteiger partial charge in [-0.05, 0) is 63.9 Å². The van der Waals surface area contributed by atoms with Crippen molar-refractivity contribution < 1.29 is 28.2 Å². The average Bonchev–Trinajstić information content (AvgIpc) is 3.06. The van der Waals surface area contributed by atoms with Gasteiger partial charge in [-0.1, -0.05) is 0 Å². The summed E-state index contributed by atoms with van der Waals surface area (Å²) in [5.74, 6) is -1.69. The molecule has 0 saturated heterocycles. The summed E-state index contributed by atoms with van der Waals surface area (Å²) in [6.45, 7) is 8.17. The molecule has 7 nitrogen and oxygen atoms in total. The van der Waals surface area contributed by atoms with Crippen LogP contribution in [0.1, 0.15) is 62.7 Å². The third kappa shape index (κ3) is 5.58. The molecule has 31 heavy (non-hydrogen) atoms. The second-order valence-electron chi connectivity index (χ2n) is 7.21. The molecule has 0 bridgehead atoms. The molecule has 0 spiro atoms. The van der Waals surface area contributed by atoms with Crippen molar-refractivity contribution in [3.63, 3.8) is 0 Å². The van der Waals surface area contributed by atoms with E-state index < -0.39 is 17.8 Å². The smallest absolute Gasteiger partial charge is 0.354 e. The number of methoxy groups -OCH3 is 1. The zero-order valence-corrected chi connectivity index (χ0v) is 18.6. The SMILES string of the molecule is CCOCCCN(C(=O)c1ccc(F)cc1)[C@H](C)C(=O)c1c(C)[nH]c(C(=O)OC)c1C. The Morgan fingerprint density at radius 3 is 2.39 bits per heavy atom. The lowest BCUT2D eigenvalue weighted by molar-refractivity contribution is 0.0588. The summed E-state index contributed by atoms with van der Waals surface area (Å²) in [5.41, 5.74) is 1.86. The molecule has 1 N–H and O–H groups in total. The first-order valence-electron chi connectivity index (χ1n) is 10.2. The predicted molar refractivity (Wildman–Crippen MR) is 114 cm³/mol. The molecule has 0 radical (unpaired) electrons. The number of halogens is 1. The van der Waals surface area contributed by atoms with Gasteiger partial charge in [0.05, 0.1) is 13.2 Å². The Hall–Kier alpha value is -3.00. The van der Waals surface area contributed by atoms with Gasteiger partial charge in [-0.2, -0.15) is 0 Å². The van der Waals surface area contributed by atoms with E-state index in [1.807, 2.05) is 6.92 Å². The molecule has 0 saturated carbocycles. The number of hydrogen-bond acceptors (Lipinski definition) is 5. The van der Waals surface area contributed by atoms with Gasteiger partial charge in [0, 0.05) is 36.6 Å². The fourth-order valence-electron chi connectivity index (χ4n) is 3.49. The molecule has 0 fully saturated rings. The van der Waals surface area contributed by atoms with E-state index in [2.05, 4.69) is 4.98 Å². The van der Waals surface area contributed by atoms with E-state index in [1.54, 1.807) is 20.8 Å². The number of amides is 1. The van der Waals surface area contributed by atoms with Crippen molar-refractivity contribution in [3.8, 4) is 0 Å². The summed E-state index contributed by atoms with van der Waals surface area (Å²) >= 11 is 0. The number of aryl methyl sites for hydroxylation is 1. The van der Waals surface area contributed by atoms with Crippen LogP contribution in [0.5, 0.6) is 0 Å². The third-order valence-corrected chi connectivity index (χ3v) is 5.16. The second-order valence-corrected chi connectivity index (χ2v) is 7.21. The summed E-state index contributed by atoms with van der Waals surface area (Å²) < 4.78 is 23.4. The second kappa shape index (κ2) is 10.9. The molecule has 1 heterocycles. The van der Waals surface area contributed by atoms with Crippen LogP contribution in [-0.2, 0) is 9.47 Å². The number of rotatable bonds is 10. The molecular weight excluding hydrogens is 403 g/mol. The summed E-state index contributed by atoms with van der Waals surface area (Å²) in [6, 6.07) is 4.40. The Morgan fingerprint density at radius 1 is 1.16 bits per heavy atom. The van der Waals surface area contributed by atoms with Gasteiger partial charge in [0.1, 0.15) is 11.5 Å². The number of benzene rings is 1. The number of H-pyrrole nitrogens is 1. The van der Waals surface area contributed by atoms with Gasteiger partial charge in [-0.25, -0.2) is 9.18 Å². The maximum absolute atomic E-state index is 13.4. The van der Waals surface area contributed by atoms with E-state index in [-0.39, 0.29) is 29.5 Å². The predicted octanol–water partition coefficient (Wildman–Crippen LogP) is 3.70. The third-order valence-electron chi connectivity index (χ3n) is 5.16. The first-order chi connectivity index (χ1) is 14.7. The molecule has 1 aromatic heterocycles. The minimum atomic E-state index is -0.808. The van der Waals surface area contributed by atoms with Crippen molar-refractivity contribution in [2.45, 2.75) is 40.2 Å². The molecule has 2 aromatic rings. The lowest BCUT2D eigenvalue weighted by Crippen LogP contribution is -2.44. The van der Waals surface area contributed by atoms with Crippen LogP contribution in [-0.4, -0.2) is 60.5 Å². The van der Waals surface area contributed by atoms with Crippen LogP contribution in [0.4, 0.5) is 4.39 Å². The lowest BCUT2D eigenvalue weighted by atomic mass is 9.99. The molecule has 0 aliphatic rings. The van der Waals surface area contributed by atoms with E-state index in [1.165, 1.54) is 36.3 Å². The molecule has 1 atom stereocenters. The fourth-order valence-corrected chi connectivity index (χ4v) is 3.49. The van der Waals surface area contributed by atoms with Gasteiger partial charge in [-0.15, -0.1) is 0 Å². The Morgan fingerprint density at radius 2 is 1.81 bits per heavy atom. The zero-order chi connectivity index (χ0) is 23.1. The molecule has 168 valence electrons. The maximum atomic E-state index is 13.4. The number of ketones is 1. The highest BCUT2D eigenvalue weighted by atomic mass is 19.1. The Kier molecular flexibility index (Phi) is 8.50. The van der Waals surface area contributed by atoms with Crippen LogP contribution in [0.2, 0.25) is 0 Å². The van der Waals surface area contributed by atoms with Gasteiger partial charge in [-0.3, -0.25) is 9.59 Å². The van der Waals surface area contributed by atoms with E-state index in [0.717, 1.165) is 0 Å². The van der Waals surface area contributed by atoms with Crippen molar-refractivity contribution in [1.29, 1.82) is 0 Å². The van der Waals surface area contributed by atoms with Crippen molar-refractivity contribution in [3.05, 3.63) is 58.2 Å². The normalized spacial score (nSPS) is 11.8. The van der Waals surface area contributed by atoms with Gasteiger partial charge >= 0.3 is 5.97 Å². The summed E-state index contributed by atoms with van der Waals surface area (Å²) in [4.78, 5) is 42.9. The first-order valence-corrected chi connectivity index (χ1v) is 10.2. The first kappa shape index (κ1) is 24.3. The number of hydrogen-bond donors (Lipinski definition) is 1. The van der Waals surface area contributed by atoms with Crippen molar-refractivity contribution in [2.24, 2.45) is 0 Å². The summed E-state index contributed by atoms with van der Waals surface area (Å²) in [7, 11) is 1.27. The van der Waals surface area contributed by atoms with Crippen LogP contribution >= 0.6 is 0 Å². The standard InChI is InChI=1S/C23H29FN2O5/c1-6-31-13-7-12-26(22(28)17-8-10-18(24)11-9-17)16(4)21(27)19-14(2)20(23(29)30-5)25-15(19)3/h8-11,16,25H,6-7,12-13H2,1-5H3/t16-/m1/s1. The number of esters is 1. The van der Waals surface area contributed by atoms with E-state index in [0.29, 0.717) is 36.5 Å². The molecule has 0 aliphatic heterocycles. The highest BCUT2D eigenvalue weighted by molar-refractivity contribution is 6.07. The quantitative estimate of drug-likeness (QED) is 0.351. The zero-order valence-electron chi connectivity index (χ0n) is 18.6. The molecule has 1 amide bonds. The largest absolute Gasteiger partial charge is 0.464 e. The highest BCUT2D eigenvalue weighted by Gasteiger charge is 2.31. The molecular formula is C23H29FN2O5. The Labute approximate surface area is 181 Å². The number of carbonyl (C=O) groups is 3. The van der Waals surface area contributed by atoms with Gasteiger partial charge in [0.2, 0.25) is 0 Å². The van der Waals surface area contributed by atoms with Crippen LogP contribution in [0, 0.1) is 19.7 Å². The monoisotopic (exact) mass is 432 g/mol. The molecule has 0 unspecified atom stereocenters. The van der Waals surface area contributed by atoms with Crippen molar-refractivity contribution >= 4 is 17.7 Å². The van der Waals surface area contributed by atoms with Crippen molar-refractivity contribution in [2.75, 3.05) is 26.9 Å². The number of Topliss-reactive ketones (excluding diaryl/α,β-unsaturated/α-hetero) is 1. The summed E-state index contributed by atoms with van der Waals surface area (Å²) in [6.07, 6.45) is 0.539. The summed E-state index contributed by atoms with van der Waals surface area (Å²) in [5, 5.41) is 0. The number of carbonyl (C=O) groups excluding carboxylic acids is 3. The molecule has 2 rings (SSSR count). The van der Waals surface area contributed by atoms with Crippen LogP contribution in [0.3, 0.4) is 0 Å². The Balaban J connectivity index is 2.35. The molecule has 1 aromatic carbocycles. The maximum Gasteiger partial charge on any atom is 0.354 e. The minimum absolute atomic E-state index is 0.211. The number of nitrogens with one attached hydrogen (secondary N) is 1. The van der Waals surface area contributed by atoms with Crippen LogP contribution in [0.25, 0.3) is 0 Å². The van der Waals surface area contributed by atoms with Gasteiger partial charge in [0.25, 0.3) is 5.91 Å². The number of aromatic amines is 1. The van der Waals surface area contributed by atoms with Crippen LogP contribution in [0.15, 0.2) is 24.3 Å². The lowest BCUT2D eigenvalue weighted by Gasteiger charge is -2.29. The minimum Gasteiger partial charge on any atom is -0.464 e. The van der Waals surface area contributed by atoms with E-state index >= 15 is 0 Å². The molecule has 8 heteroatoms. The topological polar surface area (TPSA) is 88.7 Å². The average molecular weight is 432 g/mol. The molecule has 0 aliphatic carbocycles.